The summed E-state index contributed by atoms with van der Waals surface area (Å²) in [6.45, 7) is 5.36. The molecule has 0 saturated heterocycles. The molecule has 0 saturated carbocycles. The van der Waals surface area contributed by atoms with Crippen LogP contribution in [0.4, 0.5) is 0 Å². The fourth-order valence-corrected chi connectivity index (χ4v) is 0.0833. The van der Waals surface area contributed by atoms with E-state index < -0.39 is 0 Å². The molecule has 0 aliphatic heterocycles. The van der Waals surface area contributed by atoms with Crippen LogP contribution in [0.15, 0.2) is 12.1 Å². The molecule has 0 atom stereocenters. The van der Waals surface area contributed by atoms with Crippen LogP contribution < -0.4 is 0 Å². The molecule has 0 fully saturated rings. The lowest BCUT2D eigenvalue weighted by atomic mass is 9.74. The van der Waals surface area contributed by atoms with E-state index in [0.29, 0.717) is 0 Å². The van der Waals surface area contributed by atoms with E-state index in [9.17, 15) is 0 Å². The minimum Gasteiger partial charge on any atom is -0.116 e. The van der Waals surface area contributed by atoms with Crippen molar-refractivity contribution >= 4 is 7.28 Å². The first kappa shape index (κ1) is 5.36. The number of allylic oxidation sites excluding steroid dienone is 1. The van der Waals surface area contributed by atoms with Crippen LogP contribution >= 0.6 is 0 Å². The second kappa shape index (κ2) is 2.59. The molecule has 0 bridgehead atoms. The highest BCUT2D eigenvalue weighted by Gasteiger charge is 1.76. The maximum absolute atomic E-state index is 4.90. The molecule has 0 N–H and O–H groups in total. The summed E-state index contributed by atoms with van der Waals surface area (Å²) in [5, 5.41) is 0. The lowest BCUT2D eigenvalue weighted by Gasteiger charge is -1.77. The zero-order chi connectivity index (χ0) is 4.99. The molecule has 0 amide bonds. The lowest BCUT2D eigenvalue weighted by molar-refractivity contribution is 2.07. The van der Waals surface area contributed by atoms with Gasteiger partial charge in [-0.3, -0.25) is 0 Å². The van der Waals surface area contributed by atoms with E-state index in [1.165, 1.54) is 0 Å². The predicted octanol–water partition coefficient (Wildman–Crippen LogP) is 0.886. The molecular formula is C5H6B. The van der Waals surface area contributed by atoms with Crippen molar-refractivity contribution in [2.75, 3.05) is 0 Å². The van der Waals surface area contributed by atoms with E-state index in [-0.39, 0.29) is 0 Å². The Kier molecular flexibility index (Phi) is 2.32. The van der Waals surface area contributed by atoms with E-state index in [4.69, 9.17) is 6.42 Å². The molecule has 6 heavy (non-hydrogen) atoms. The molecule has 0 aromatic rings. The van der Waals surface area contributed by atoms with Crippen molar-refractivity contribution in [3.63, 3.8) is 0 Å². The van der Waals surface area contributed by atoms with Gasteiger partial charge >= 0.3 is 0 Å². The first-order chi connectivity index (χ1) is 2.81. The van der Waals surface area contributed by atoms with Crippen LogP contribution in [0, 0.1) is 12.3 Å². The van der Waals surface area contributed by atoms with Gasteiger partial charge in [0.1, 0.15) is 0 Å². The molecule has 0 rings (SSSR count). The third kappa shape index (κ3) is 1.66. The summed E-state index contributed by atoms with van der Waals surface area (Å²) >= 11 is 0. The molecule has 0 spiro atoms. The predicted molar refractivity (Wildman–Crippen MR) is 29.6 cm³/mol. The molecular weight excluding hydrogens is 70.9 g/mol. The SMILES string of the molecule is C#CC(=C)[B]C. The van der Waals surface area contributed by atoms with Crippen molar-refractivity contribution in [2.45, 2.75) is 6.82 Å². The van der Waals surface area contributed by atoms with Crippen LogP contribution in [0.5, 0.6) is 0 Å². The second-order valence-electron chi connectivity index (χ2n) is 0.958. The van der Waals surface area contributed by atoms with Crippen molar-refractivity contribution in [3.8, 4) is 12.3 Å². The average Bonchev–Trinajstić information content (AvgIpc) is 1.65. The van der Waals surface area contributed by atoms with E-state index in [1.54, 1.807) is 7.28 Å². The van der Waals surface area contributed by atoms with Crippen LogP contribution in [-0.2, 0) is 0 Å². The Hall–Kier alpha value is -0.635. The Morgan fingerprint density at radius 1 is 2.00 bits per heavy atom. The Labute approximate surface area is 39.5 Å². The third-order valence-corrected chi connectivity index (χ3v) is 0.534. The molecule has 0 heterocycles. The van der Waals surface area contributed by atoms with Gasteiger partial charge in [-0.1, -0.05) is 19.3 Å². The van der Waals surface area contributed by atoms with Crippen molar-refractivity contribution in [3.05, 3.63) is 12.1 Å². The summed E-state index contributed by atoms with van der Waals surface area (Å²) in [7, 11) is 1.79. The summed E-state index contributed by atoms with van der Waals surface area (Å²) < 4.78 is 0. The van der Waals surface area contributed by atoms with Gasteiger partial charge in [-0.15, -0.1) is 6.42 Å². The van der Waals surface area contributed by atoms with Crippen LogP contribution in [0.3, 0.4) is 0 Å². The van der Waals surface area contributed by atoms with Crippen molar-refractivity contribution in [2.24, 2.45) is 0 Å². The normalized spacial score (nSPS) is 6.00. The zero-order valence-corrected chi connectivity index (χ0v) is 3.86. The topological polar surface area (TPSA) is 0 Å². The van der Waals surface area contributed by atoms with Crippen molar-refractivity contribution in [1.82, 2.24) is 0 Å². The highest BCUT2D eigenvalue weighted by Crippen LogP contribution is 1.77. The van der Waals surface area contributed by atoms with Gasteiger partial charge in [0.15, 0.2) is 7.28 Å². The van der Waals surface area contributed by atoms with Crippen LogP contribution in [0.2, 0.25) is 6.82 Å². The minimum atomic E-state index is 0.745. The highest BCUT2D eigenvalue weighted by atomic mass is 13.6. The van der Waals surface area contributed by atoms with Gasteiger partial charge in [0, 0.05) is 0 Å². The monoisotopic (exact) mass is 77.1 g/mol. The van der Waals surface area contributed by atoms with Gasteiger partial charge in [0.05, 0.1) is 0 Å². The first-order valence-corrected chi connectivity index (χ1v) is 1.76. The first-order valence-electron chi connectivity index (χ1n) is 1.76. The number of hydrogen-bond donors (Lipinski definition) is 0. The van der Waals surface area contributed by atoms with Gasteiger partial charge in [0.25, 0.3) is 0 Å². The van der Waals surface area contributed by atoms with Crippen LogP contribution in [0.25, 0.3) is 0 Å². The number of hydrogen-bond acceptors (Lipinski definition) is 0. The Bertz CT molecular complexity index is 86.6. The van der Waals surface area contributed by atoms with E-state index in [0.717, 1.165) is 5.47 Å². The summed E-state index contributed by atoms with van der Waals surface area (Å²) in [6, 6.07) is 0. The quantitative estimate of drug-likeness (QED) is 0.322. The molecule has 0 aliphatic carbocycles. The summed E-state index contributed by atoms with van der Waals surface area (Å²) in [4.78, 5) is 0. The maximum atomic E-state index is 4.90. The van der Waals surface area contributed by atoms with Gasteiger partial charge in [-0.05, 0) is 5.47 Å². The molecule has 0 aromatic carbocycles. The smallest absolute Gasteiger partial charge is 0.116 e. The number of rotatable bonds is 1. The van der Waals surface area contributed by atoms with Crippen LogP contribution in [-0.4, -0.2) is 7.28 Å². The molecule has 0 nitrogen and oxygen atoms in total. The molecule has 0 unspecified atom stereocenters. The Morgan fingerprint density at radius 2 is 2.50 bits per heavy atom. The van der Waals surface area contributed by atoms with E-state index in [2.05, 4.69) is 12.5 Å². The molecule has 29 valence electrons. The minimum absolute atomic E-state index is 0.745. The summed E-state index contributed by atoms with van der Waals surface area (Å²) in [6.07, 6.45) is 4.90. The molecule has 0 aromatic heterocycles. The van der Waals surface area contributed by atoms with E-state index >= 15 is 0 Å². The average molecular weight is 76.9 g/mol. The van der Waals surface area contributed by atoms with Crippen LogP contribution in [0.1, 0.15) is 0 Å². The van der Waals surface area contributed by atoms with Crippen molar-refractivity contribution in [1.29, 1.82) is 0 Å². The summed E-state index contributed by atoms with van der Waals surface area (Å²) in [5.41, 5.74) is 0.745. The Morgan fingerprint density at radius 3 is 2.50 bits per heavy atom. The molecule has 0 aliphatic rings. The second-order valence-corrected chi connectivity index (χ2v) is 0.958. The summed E-state index contributed by atoms with van der Waals surface area (Å²) in [5.74, 6) is 2.36. The van der Waals surface area contributed by atoms with Gasteiger partial charge in [-0.2, -0.15) is 0 Å². The van der Waals surface area contributed by atoms with Gasteiger partial charge < -0.3 is 0 Å². The molecule has 1 radical (unpaired) electrons. The standard InChI is InChI=1S/C5H6B/c1-4-5(2)6-3/h1H,2H2,3H3. The third-order valence-electron chi connectivity index (χ3n) is 0.534. The van der Waals surface area contributed by atoms with Crippen molar-refractivity contribution < 1.29 is 0 Å². The zero-order valence-electron chi connectivity index (χ0n) is 3.86. The highest BCUT2D eigenvalue weighted by molar-refractivity contribution is 6.45. The lowest BCUT2D eigenvalue weighted by Crippen LogP contribution is -1.80. The maximum Gasteiger partial charge on any atom is 0.159 e. The Balaban J connectivity index is 3.33. The fourth-order valence-electron chi connectivity index (χ4n) is 0.0833. The van der Waals surface area contributed by atoms with Gasteiger partial charge in [-0.25, -0.2) is 0 Å². The number of terminal acetylenes is 1. The molecule has 1 heteroatoms. The fraction of sp³-hybridized carbons (Fsp3) is 0.200. The van der Waals surface area contributed by atoms with Gasteiger partial charge in [0.2, 0.25) is 0 Å². The van der Waals surface area contributed by atoms with E-state index in [1.807, 2.05) is 6.82 Å². The largest absolute Gasteiger partial charge is 0.159 e.